The molecule has 0 aliphatic rings. The van der Waals surface area contributed by atoms with Crippen LogP contribution in [0.4, 0.5) is 0 Å². The van der Waals surface area contributed by atoms with Crippen LogP contribution in [0.1, 0.15) is 72.6 Å². The zero-order chi connectivity index (χ0) is 11.5. The van der Waals surface area contributed by atoms with Gasteiger partial charge in [0.25, 0.3) is 0 Å². The zero-order valence-corrected chi connectivity index (χ0v) is 11.3. The number of nitrogens with one attached hydrogen (secondary N) is 1. The van der Waals surface area contributed by atoms with E-state index < -0.39 is 0 Å². The molecule has 0 bridgehead atoms. The first-order valence-electron chi connectivity index (χ1n) is 7.01. The van der Waals surface area contributed by atoms with E-state index in [4.69, 9.17) is 0 Å². The van der Waals surface area contributed by atoms with Gasteiger partial charge >= 0.3 is 0 Å². The van der Waals surface area contributed by atoms with Crippen molar-refractivity contribution in [3.63, 3.8) is 0 Å². The summed E-state index contributed by atoms with van der Waals surface area (Å²) in [5.41, 5.74) is 0. The maximum atomic E-state index is 3.59. The molecule has 0 aromatic rings. The summed E-state index contributed by atoms with van der Waals surface area (Å²) in [6.07, 6.45) is 9.58. The molecule has 0 radical (unpaired) electrons. The Bertz CT molecular complexity index is 113. The van der Waals surface area contributed by atoms with Gasteiger partial charge in [-0.1, -0.05) is 59.8 Å². The van der Waals surface area contributed by atoms with E-state index in [9.17, 15) is 0 Å². The van der Waals surface area contributed by atoms with Crippen LogP contribution in [0, 0.1) is 5.92 Å². The first kappa shape index (κ1) is 15.0. The molecule has 1 atom stereocenters. The highest BCUT2D eigenvalue weighted by atomic mass is 14.9. The summed E-state index contributed by atoms with van der Waals surface area (Å²) in [5, 5.41) is 3.59. The molecule has 0 rings (SSSR count). The smallest absolute Gasteiger partial charge is 0.00668 e. The molecule has 1 nitrogen and oxygen atoms in total. The van der Waals surface area contributed by atoms with Gasteiger partial charge in [0.15, 0.2) is 0 Å². The van der Waals surface area contributed by atoms with Crippen molar-refractivity contribution < 1.29 is 0 Å². The fourth-order valence-corrected chi connectivity index (χ4v) is 2.34. The van der Waals surface area contributed by atoms with Gasteiger partial charge in [-0.25, -0.2) is 0 Å². The van der Waals surface area contributed by atoms with Crippen molar-refractivity contribution in [2.75, 3.05) is 6.54 Å². The molecule has 0 aromatic heterocycles. The largest absolute Gasteiger partial charge is 0.314 e. The summed E-state index contributed by atoms with van der Waals surface area (Å²) in [5.74, 6) is 0.967. The van der Waals surface area contributed by atoms with Gasteiger partial charge in [0.2, 0.25) is 0 Å². The van der Waals surface area contributed by atoms with Crippen molar-refractivity contribution in [3.8, 4) is 0 Å². The predicted molar refractivity (Wildman–Crippen MR) is 70.3 cm³/mol. The van der Waals surface area contributed by atoms with E-state index in [1.165, 1.54) is 44.9 Å². The van der Waals surface area contributed by atoms with Crippen molar-refractivity contribution in [2.45, 2.75) is 78.7 Å². The second kappa shape index (κ2) is 10.5. The monoisotopic (exact) mass is 213 g/mol. The van der Waals surface area contributed by atoms with Crippen LogP contribution in [0.5, 0.6) is 0 Å². The van der Waals surface area contributed by atoms with Crippen LogP contribution in [0.3, 0.4) is 0 Å². The lowest BCUT2D eigenvalue weighted by Crippen LogP contribution is -2.28. The summed E-state index contributed by atoms with van der Waals surface area (Å²) in [6, 6.07) is 0.773. The molecule has 0 saturated heterocycles. The third-order valence-electron chi connectivity index (χ3n) is 3.45. The molecule has 0 aliphatic carbocycles. The highest BCUT2D eigenvalue weighted by Crippen LogP contribution is 2.17. The maximum Gasteiger partial charge on any atom is 0.00668 e. The fourth-order valence-electron chi connectivity index (χ4n) is 2.34. The lowest BCUT2D eigenvalue weighted by atomic mass is 9.94. The van der Waals surface area contributed by atoms with Crippen molar-refractivity contribution in [2.24, 2.45) is 5.92 Å². The average Bonchev–Trinajstić information content (AvgIpc) is 2.25. The number of hydrogen-bond donors (Lipinski definition) is 1. The summed E-state index contributed by atoms with van der Waals surface area (Å²) in [6.45, 7) is 10.3. The SMILES string of the molecule is CCCC(CCCC(CC)CC)NCC. The highest BCUT2D eigenvalue weighted by Gasteiger charge is 2.08. The van der Waals surface area contributed by atoms with Crippen LogP contribution in [-0.4, -0.2) is 12.6 Å². The number of rotatable bonds is 10. The fraction of sp³-hybridized carbons (Fsp3) is 1.00. The van der Waals surface area contributed by atoms with Crippen molar-refractivity contribution in [3.05, 3.63) is 0 Å². The molecule has 0 aromatic carbocycles. The quantitative estimate of drug-likeness (QED) is 0.568. The van der Waals surface area contributed by atoms with Gasteiger partial charge in [-0.3, -0.25) is 0 Å². The normalized spacial score (nSPS) is 13.4. The van der Waals surface area contributed by atoms with Gasteiger partial charge in [0.1, 0.15) is 0 Å². The van der Waals surface area contributed by atoms with E-state index in [-0.39, 0.29) is 0 Å². The third-order valence-corrected chi connectivity index (χ3v) is 3.45. The van der Waals surface area contributed by atoms with Crippen LogP contribution in [0.25, 0.3) is 0 Å². The molecular weight excluding hydrogens is 182 g/mol. The summed E-state index contributed by atoms with van der Waals surface area (Å²) in [4.78, 5) is 0. The third kappa shape index (κ3) is 7.84. The minimum absolute atomic E-state index is 0.773. The van der Waals surface area contributed by atoms with E-state index in [1.54, 1.807) is 0 Å². The maximum absolute atomic E-state index is 3.59. The summed E-state index contributed by atoms with van der Waals surface area (Å²) < 4.78 is 0. The Kier molecular flexibility index (Phi) is 10.4. The van der Waals surface area contributed by atoms with Crippen molar-refractivity contribution in [1.29, 1.82) is 0 Å². The molecular formula is C14H31N. The zero-order valence-electron chi connectivity index (χ0n) is 11.3. The predicted octanol–water partition coefficient (Wildman–Crippen LogP) is 4.37. The molecule has 0 heterocycles. The lowest BCUT2D eigenvalue weighted by Gasteiger charge is -2.18. The van der Waals surface area contributed by atoms with E-state index in [1.807, 2.05) is 0 Å². The highest BCUT2D eigenvalue weighted by molar-refractivity contribution is 4.66. The number of hydrogen-bond acceptors (Lipinski definition) is 1. The summed E-state index contributed by atoms with van der Waals surface area (Å²) >= 11 is 0. The van der Waals surface area contributed by atoms with Gasteiger partial charge in [-0.15, -0.1) is 0 Å². The van der Waals surface area contributed by atoms with E-state index in [0.717, 1.165) is 18.5 Å². The average molecular weight is 213 g/mol. The topological polar surface area (TPSA) is 12.0 Å². The Labute approximate surface area is 97.0 Å². The Morgan fingerprint density at radius 1 is 0.867 bits per heavy atom. The Balaban J connectivity index is 3.59. The minimum atomic E-state index is 0.773. The Hall–Kier alpha value is -0.0400. The van der Waals surface area contributed by atoms with Crippen LogP contribution < -0.4 is 5.32 Å². The molecule has 92 valence electrons. The van der Waals surface area contributed by atoms with Crippen molar-refractivity contribution in [1.82, 2.24) is 5.32 Å². The van der Waals surface area contributed by atoms with Gasteiger partial charge in [0, 0.05) is 6.04 Å². The van der Waals surface area contributed by atoms with Gasteiger partial charge in [-0.2, -0.15) is 0 Å². The first-order chi connectivity index (χ1) is 7.28. The van der Waals surface area contributed by atoms with E-state index >= 15 is 0 Å². The van der Waals surface area contributed by atoms with E-state index in [0.29, 0.717) is 0 Å². The van der Waals surface area contributed by atoms with Gasteiger partial charge < -0.3 is 5.32 Å². The minimum Gasteiger partial charge on any atom is -0.314 e. The van der Waals surface area contributed by atoms with Crippen molar-refractivity contribution >= 4 is 0 Å². The second-order valence-electron chi connectivity index (χ2n) is 4.66. The van der Waals surface area contributed by atoms with Crippen LogP contribution >= 0.6 is 0 Å². The lowest BCUT2D eigenvalue weighted by molar-refractivity contribution is 0.389. The molecule has 0 amide bonds. The van der Waals surface area contributed by atoms with Crippen LogP contribution in [-0.2, 0) is 0 Å². The van der Waals surface area contributed by atoms with E-state index in [2.05, 4.69) is 33.0 Å². The molecule has 0 aliphatic heterocycles. The first-order valence-corrected chi connectivity index (χ1v) is 7.01. The molecule has 1 heteroatoms. The molecule has 15 heavy (non-hydrogen) atoms. The van der Waals surface area contributed by atoms with Crippen LogP contribution in [0.2, 0.25) is 0 Å². The molecule has 0 spiro atoms. The standard InChI is InChI=1S/C14H31N/c1-5-10-14(15-8-4)12-9-11-13(6-2)7-3/h13-15H,5-12H2,1-4H3. The second-order valence-corrected chi connectivity index (χ2v) is 4.66. The molecule has 0 saturated carbocycles. The van der Waals surface area contributed by atoms with Gasteiger partial charge in [0.05, 0.1) is 0 Å². The summed E-state index contributed by atoms with van der Waals surface area (Å²) in [7, 11) is 0. The molecule has 1 N–H and O–H groups in total. The molecule has 1 unspecified atom stereocenters. The van der Waals surface area contributed by atoms with Crippen LogP contribution in [0.15, 0.2) is 0 Å². The Morgan fingerprint density at radius 2 is 1.53 bits per heavy atom. The Morgan fingerprint density at radius 3 is 2.00 bits per heavy atom. The molecule has 0 fully saturated rings. The van der Waals surface area contributed by atoms with Gasteiger partial charge in [-0.05, 0) is 25.3 Å².